The molecule has 1 aliphatic rings. The summed E-state index contributed by atoms with van der Waals surface area (Å²) in [6.07, 6.45) is 0.294. The van der Waals surface area contributed by atoms with Gasteiger partial charge in [0.25, 0.3) is 0 Å². The number of amides is 1. The van der Waals surface area contributed by atoms with Gasteiger partial charge in [0.1, 0.15) is 10.7 Å². The molecule has 2 atom stereocenters. The van der Waals surface area contributed by atoms with Gasteiger partial charge in [-0.25, -0.2) is 22.3 Å². The Labute approximate surface area is 116 Å². The molecule has 3 N–H and O–H groups in total. The fourth-order valence-corrected chi connectivity index (χ4v) is 3.70. The summed E-state index contributed by atoms with van der Waals surface area (Å²) in [7, 11) is -3.93. The van der Waals surface area contributed by atoms with Crippen molar-refractivity contribution < 1.29 is 22.7 Å². The Bertz CT molecular complexity index is 605. The molecular weight excluding hydrogens is 287 g/mol. The van der Waals surface area contributed by atoms with Gasteiger partial charge in [0, 0.05) is 12.1 Å². The van der Waals surface area contributed by atoms with E-state index in [-0.39, 0.29) is 6.04 Å². The van der Waals surface area contributed by atoms with Crippen molar-refractivity contribution in [1.29, 1.82) is 0 Å². The molecule has 0 bridgehead atoms. The van der Waals surface area contributed by atoms with E-state index < -0.39 is 32.9 Å². The number of carbonyl (C=O) groups is 1. The van der Waals surface area contributed by atoms with Crippen LogP contribution in [0.4, 0.5) is 9.18 Å². The molecule has 1 amide bonds. The van der Waals surface area contributed by atoms with Crippen LogP contribution in [0.15, 0.2) is 29.2 Å². The fourth-order valence-electron chi connectivity index (χ4n) is 2.34. The normalized spacial score (nSPS) is 22.6. The first kappa shape index (κ1) is 14.7. The van der Waals surface area contributed by atoms with Crippen LogP contribution in [-0.2, 0) is 10.0 Å². The average Bonchev–Trinajstić information content (AvgIpc) is 2.75. The molecule has 0 spiro atoms. The van der Waals surface area contributed by atoms with Gasteiger partial charge in [-0.3, -0.25) is 0 Å². The second-order valence-electron chi connectivity index (χ2n) is 4.71. The molecular formula is C12H15FN2O4S. The standard InChI is InChI=1S/C12H15FN2O4S/c13-10-3-1-2-4-11(10)20(18,19)15-9-6-5-8(7-9)14-12(16)17/h1-4,8-9,14-15H,5-7H2,(H,16,17)/t8-,9+/m1/s1. The van der Waals surface area contributed by atoms with Gasteiger partial charge in [-0.15, -0.1) is 0 Å². The highest BCUT2D eigenvalue weighted by atomic mass is 32.2. The highest BCUT2D eigenvalue weighted by Crippen LogP contribution is 2.22. The maximum atomic E-state index is 13.5. The highest BCUT2D eigenvalue weighted by Gasteiger charge is 2.30. The number of halogens is 1. The van der Waals surface area contributed by atoms with E-state index >= 15 is 0 Å². The molecule has 0 aromatic heterocycles. The lowest BCUT2D eigenvalue weighted by atomic mass is 10.2. The van der Waals surface area contributed by atoms with E-state index in [1.807, 2.05) is 0 Å². The molecule has 0 saturated heterocycles. The molecule has 1 aliphatic carbocycles. The lowest BCUT2D eigenvalue weighted by Gasteiger charge is -2.14. The smallest absolute Gasteiger partial charge is 0.404 e. The molecule has 0 unspecified atom stereocenters. The van der Waals surface area contributed by atoms with E-state index in [9.17, 15) is 17.6 Å². The van der Waals surface area contributed by atoms with Crippen LogP contribution >= 0.6 is 0 Å². The van der Waals surface area contributed by atoms with Crippen LogP contribution in [-0.4, -0.2) is 31.7 Å². The number of hydrogen-bond donors (Lipinski definition) is 3. The Morgan fingerprint density at radius 3 is 2.55 bits per heavy atom. The third-order valence-corrected chi connectivity index (χ3v) is 4.76. The van der Waals surface area contributed by atoms with Gasteiger partial charge in [-0.05, 0) is 31.4 Å². The van der Waals surface area contributed by atoms with Crippen molar-refractivity contribution in [2.75, 3.05) is 0 Å². The molecule has 1 saturated carbocycles. The maximum Gasteiger partial charge on any atom is 0.404 e. The zero-order valence-electron chi connectivity index (χ0n) is 10.5. The van der Waals surface area contributed by atoms with Crippen molar-refractivity contribution in [1.82, 2.24) is 10.0 Å². The Hall–Kier alpha value is -1.67. The second-order valence-corrected chi connectivity index (χ2v) is 6.39. The summed E-state index contributed by atoms with van der Waals surface area (Å²) in [5.41, 5.74) is 0. The zero-order valence-corrected chi connectivity index (χ0v) is 11.4. The quantitative estimate of drug-likeness (QED) is 0.781. The Kier molecular flexibility index (Phi) is 4.24. The average molecular weight is 302 g/mol. The lowest BCUT2D eigenvalue weighted by molar-refractivity contribution is 0.190. The minimum atomic E-state index is -3.93. The molecule has 1 fully saturated rings. The summed E-state index contributed by atoms with van der Waals surface area (Å²) < 4.78 is 40.0. The molecule has 0 radical (unpaired) electrons. The van der Waals surface area contributed by atoms with E-state index in [0.717, 1.165) is 6.07 Å². The predicted octanol–water partition coefficient (Wildman–Crippen LogP) is 1.29. The van der Waals surface area contributed by atoms with Gasteiger partial charge in [-0.1, -0.05) is 12.1 Å². The topological polar surface area (TPSA) is 95.5 Å². The van der Waals surface area contributed by atoms with Crippen molar-refractivity contribution in [2.45, 2.75) is 36.2 Å². The number of carboxylic acid groups (broad SMARTS) is 1. The predicted molar refractivity (Wildman–Crippen MR) is 69.3 cm³/mol. The number of benzene rings is 1. The molecule has 1 aromatic rings. The first-order chi connectivity index (χ1) is 9.38. The zero-order chi connectivity index (χ0) is 14.8. The molecule has 110 valence electrons. The third kappa shape index (κ3) is 3.45. The van der Waals surface area contributed by atoms with Crippen LogP contribution in [0.5, 0.6) is 0 Å². The highest BCUT2D eigenvalue weighted by molar-refractivity contribution is 7.89. The summed E-state index contributed by atoms with van der Waals surface area (Å²) in [6, 6.07) is 4.47. The number of sulfonamides is 1. The van der Waals surface area contributed by atoms with Gasteiger partial charge in [0.15, 0.2) is 0 Å². The molecule has 8 heteroatoms. The van der Waals surface area contributed by atoms with Crippen molar-refractivity contribution >= 4 is 16.1 Å². The maximum absolute atomic E-state index is 13.5. The second kappa shape index (κ2) is 5.76. The van der Waals surface area contributed by atoms with Gasteiger partial charge in [0.05, 0.1) is 0 Å². The van der Waals surface area contributed by atoms with E-state index in [4.69, 9.17) is 5.11 Å². The third-order valence-electron chi connectivity index (χ3n) is 3.21. The summed E-state index contributed by atoms with van der Waals surface area (Å²) in [4.78, 5) is 10.1. The summed E-state index contributed by atoms with van der Waals surface area (Å²) in [6.45, 7) is 0. The fraction of sp³-hybridized carbons (Fsp3) is 0.417. The molecule has 0 heterocycles. The Morgan fingerprint density at radius 1 is 1.25 bits per heavy atom. The van der Waals surface area contributed by atoms with Gasteiger partial charge in [-0.2, -0.15) is 0 Å². The Balaban J connectivity index is 2.04. The van der Waals surface area contributed by atoms with Gasteiger partial charge >= 0.3 is 6.09 Å². The number of hydrogen-bond acceptors (Lipinski definition) is 3. The van der Waals surface area contributed by atoms with E-state index in [2.05, 4.69) is 10.0 Å². The van der Waals surface area contributed by atoms with Crippen molar-refractivity contribution in [3.63, 3.8) is 0 Å². The number of rotatable bonds is 4. The van der Waals surface area contributed by atoms with Gasteiger partial charge < -0.3 is 10.4 Å². The molecule has 2 rings (SSSR count). The first-order valence-electron chi connectivity index (χ1n) is 6.15. The van der Waals surface area contributed by atoms with Gasteiger partial charge in [0.2, 0.25) is 10.0 Å². The largest absolute Gasteiger partial charge is 0.465 e. The van der Waals surface area contributed by atoms with Crippen LogP contribution in [0.2, 0.25) is 0 Å². The minimum absolute atomic E-state index is 0.277. The Morgan fingerprint density at radius 2 is 1.90 bits per heavy atom. The van der Waals surface area contributed by atoms with Crippen molar-refractivity contribution in [3.8, 4) is 0 Å². The molecule has 1 aromatic carbocycles. The van der Waals surface area contributed by atoms with Crippen molar-refractivity contribution in [2.24, 2.45) is 0 Å². The van der Waals surface area contributed by atoms with Crippen LogP contribution in [0, 0.1) is 5.82 Å². The summed E-state index contributed by atoms with van der Waals surface area (Å²) >= 11 is 0. The van der Waals surface area contributed by atoms with Crippen LogP contribution in [0.1, 0.15) is 19.3 Å². The minimum Gasteiger partial charge on any atom is -0.465 e. The van der Waals surface area contributed by atoms with Crippen molar-refractivity contribution in [3.05, 3.63) is 30.1 Å². The summed E-state index contributed by atoms with van der Waals surface area (Å²) in [5, 5.41) is 10.9. The molecule has 6 nitrogen and oxygen atoms in total. The van der Waals surface area contributed by atoms with E-state index in [1.165, 1.54) is 18.2 Å². The molecule has 20 heavy (non-hydrogen) atoms. The number of nitrogens with one attached hydrogen (secondary N) is 2. The monoisotopic (exact) mass is 302 g/mol. The van der Waals surface area contributed by atoms with E-state index in [0.29, 0.717) is 19.3 Å². The lowest BCUT2D eigenvalue weighted by Crippen LogP contribution is -2.36. The van der Waals surface area contributed by atoms with Crippen LogP contribution in [0.3, 0.4) is 0 Å². The van der Waals surface area contributed by atoms with E-state index in [1.54, 1.807) is 0 Å². The SMILES string of the molecule is O=C(O)N[C@@H]1CC[C@H](NS(=O)(=O)c2ccccc2F)C1. The summed E-state index contributed by atoms with van der Waals surface area (Å²) in [5.74, 6) is -0.807. The first-order valence-corrected chi connectivity index (χ1v) is 7.63. The van der Waals surface area contributed by atoms with Crippen LogP contribution in [0.25, 0.3) is 0 Å². The van der Waals surface area contributed by atoms with Crippen LogP contribution < -0.4 is 10.0 Å². The molecule has 0 aliphatic heterocycles.